The van der Waals surface area contributed by atoms with Gasteiger partial charge in [-0.25, -0.2) is 4.79 Å². The first kappa shape index (κ1) is 11.5. The second kappa shape index (κ2) is 3.80. The van der Waals surface area contributed by atoms with Crippen LogP contribution in [0.15, 0.2) is 27.4 Å². The topological polar surface area (TPSA) is 143 Å². The molecule has 2 rings (SSSR count). The zero-order valence-corrected chi connectivity index (χ0v) is 8.65. The molecule has 18 heavy (non-hydrogen) atoms. The number of rotatable bonds is 2. The Morgan fingerprint density at radius 1 is 1.17 bits per heavy atom. The number of anilines is 1. The summed E-state index contributed by atoms with van der Waals surface area (Å²) in [7, 11) is 0. The number of nitro groups is 2. The molecule has 0 aliphatic heterocycles. The molecule has 0 fully saturated rings. The molecule has 0 amide bonds. The number of nitrogens with two attached hydrogens (primary N) is 1. The number of hydrogen-bond acceptors (Lipinski definition) is 7. The summed E-state index contributed by atoms with van der Waals surface area (Å²) in [4.78, 5) is 30.8. The van der Waals surface area contributed by atoms with Crippen molar-refractivity contribution in [2.24, 2.45) is 0 Å². The Balaban J connectivity index is 2.90. The molecular weight excluding hydrogens is 246 g/mol. The van der Waals surface area contributed by atoms with E-state index in [1.54, 1.807) is 0 Å². The van der Waals surface area contributed by atoms with Gasteiger partial charge < -0.3 is 10.2 Å². The van der Waals surface area contributed by atoms with Gasteiger partial charge in [0.1, 0.15) is 11.3 Å². The Kier molecular flexibility index (Phi) is 2.43. The van der Waals surface area contributed by atoms with Crippen LogP contribution in [-0.4, -0.2) is 9.85 Å². The third kappa shape index (κ3) is 1.63. The highest BCUT2D eigenvalue weighted by molar-refractivity contribution is 5.94. The second-order valence-corrected chi connectivity index (χ2v) is 3.35. The van der Waals surface area contributed by atoms with E-state index in [4.69, 9.17) is 5.73 Å². The number of nitrogen functional groups attached to an aromatic ring is 1. The maximum Gasteiger partial charge on any atom is 0.417 e. The average Bonchev–Trinajstić information content (AvgIpc) is 2.27. The summed E-state index contributed by atoms with van der Waals surface area (Å²) in [6.45, 7) is 0. The lowest BCUT2D eigenvalue weighted by atomic mass is 10.1. The van der Waals surface area contributed by atoms with Crippen molar-refractivity contribution in [1.82, 2.24) is 0 Å². The molecule has 0 aliphatic rings. The molecule has 0 aliphatic carbocycles. The fourth-order valence-electron chi connectivity index (χ4n) is 1.49. The van der Waals surface area contributed by atoms with Crippen molar-refractivity contribution < 1.29 is 14.3 Å². The Bertz CT molecular complexity index is 735. The van der Waals surface area contributed by atoms with Crippen LogP contribution in [0.25, 0.3) is 11.0 Å². The Hall–Kier alpha value is -2.97. The van der Waals surface area contributed by atoms with Gasteiger partial charge in [-0.3, -0.25) is 20.2 Å². The molecule has 0 spiro atoms. The predicted molar refractivity (Wildman–Crippen MR) is 60.2 cm³/mol. The molecule has 9 nitrogen and oxygen atoms in total. The number of hydrogen-bond donors (Lipinski definition) is 1. The summed E-state index contributed by atoms with van der Waals surface area (Å²) in [6, 6.07) is 3.28. The second-order valence-electron chi connectivity index (χ2n) is 3.35. The Labute approximate surface area is 97.7 Å². The van der Waals surface area contributed by atoms with Crippen molar-refractivity contribution in [3.63, 3.8) is 0 Å². The first-order chi connectivity index (χ1) is 8.41. The van der Waals surface area contributed by atoms with E-state index >= 15 is 0 Å². The molecule has 1 aromatic carbocycles. The van der Waals surface area contributed by atoms with Crippen LogP contribution in [0.1, 0.15) is 0 Å². The zero-order valence-electron chi connectivity index (χ0n) is 8.65. The third-order valence-corrected chi connectivity index (χ3v) is 2.30. The fraction of sp³-hybridized carbons (Fsp3) is 0. The van der Waals surface area contributed by atoms with Crippen LogP contribution in [0.4, 0.5) is 17.1 Å². The Morgan fingerprint density at radius 3 is 2.39 bits per heavy atom. The molecule has 0 saturated heterocycles. The van der Waals surface area contributed by atoms with Gasteiger partial charge in [0.2, 0.25) is 0 Å². The van der Waals surface area contributed by atoms with Crippen LogP contribution in [0, 0.1) is 20.2 Å². The normalized spacial score (nSPS) is 10.4. The van der Waals surface area contributed by atoms with Crippen molar-refractivity contribution in [2.75, 3.05) is 5.73 Å². The minimum absolute atomic E-state index is 0.0458. The van der Waals surface area contributed by atoms with E-state index in [0.717, 1.165) is 18.2 Å². The maximum atomic E-state index is 11.3. The minimum atomic E-state index is -1.20. The SMILES string of the molecule is Nc1c([N+](=O)[O-])c(=O)oc2ccc([N+](=O)[O-])cc12. The van der Waals surface area contributed by atoms with E-state index in [2.05, 4.69) is 4.42 Å². The highest BCUT2D eigenvalue weighted by Crippen LogP contribution is 2.29. The largest absolute Gasteiger partial charge is 0.418 e. The highest BCUT2D eigenvalue weighted by Gasteiger charge is 2.23. The van der Waals surface area contributed by atoms with Gasteiger partial charge >= 0.3 is 11.3 Å². The van der Waals surface area contributed by atoms with Crippen LogP contribution < -0.4 is 11.4 Å². The summed E-state index contributed by atoms with van der Waals surface area (Å²) >= 11 is 0. The van der Waals surface area contributed by atoms with E-state index in [-0.39, 0.29) is 16.7 Å². The van der Waals surface area contributed by atoms with Crippen LogP contribution in [0.5, 0.6) is 0 Å². The molecule has 2 N–H and O–H groups in total. The monoisotopic (exact) mass is 251 g/mol. The van der Waals surface area contributed by atoms with Crippen LogP contribution in [-0.2, 0) is 0 Å². The Morgan fingerprint density at radius 2 is 1.83 bits per heavy atom. The van der Waals surface area contributed by atoms with Crippen LogP contribution >= 0.6 is 0 Å². The van der Waals surface area contributed by atoms with Gasteiger partial charge in [0.25, 0.3) is 5.69 Å². The predicted octanol–water partition coefficient (Wildman–Crippen LogP) is 1.19. The summed E-state index contributed by atoms with van der Waals surface area (Å²) in [5, 5.41) is 21.2. The van der Waals surface area contributed by atoms with E-state index in [9.17, 15) is 25.0 Å². The molecular formula is C9H5N3O6. The summed E-state index contributed by atoms with van der Waals surface area (Å²) in [5.41, 5.74) is 2.54. The van der Waals surface area contributed by atoms with Crippen LogP contribution in [0.2, 0.25) is 0 Å². The molecule has 0 radical (unpaired) electrons. The zero-order chi connectivity index (χ0) is 13.4. The number of non-ortho nitro benzene ring substituents is 1. The third-order valence-electron chi connectivity index (χ3n) is 2.30. The van der Waals surface area contributed by atoms with Crippen molar-refractivity contribution in [1.29, 1.82) is 0 Å². The summed E-state index contributed by atoms with van der Waals surface area (Å²) in [6.07, 6.45) is 0. The minimum Gasteiger partial charge on any atom is -0.418 e. The number of fused-ring (bicyclic) bond motifs is 1. The van der Waals surface area contributed by atoms with Gasteiger partial charge in [0.05, 0.1) is 15.2 Å². The molecule has 1 aromatic heterocycles. The quantitative estimate of drug-likeness (QED) is 0.479. The van der Waals surface area contributed by atoms with Gasteiger partial charge in [-0.2, -0.15) is 0 Å². The van der Waals surface area contributed by atoms with Crippen molar-refractivity contribution in [3.05, 3.63) is 48.8 Å². The van der Waals surface area contributed by atoms with Gasteiger partial charge in [-0.05, 0) is 6.07 Å². The number of benzene rings is 1. The summed E-state index contributed by atoms with van der Waals surface area (Å²) < 4.78 is 4.67. The van der Waals surface area contributed by atoms with Gasteiger partial charge in [0, 0.05) is 12.1 Å². The molecule has 9 heteroatoms. The van der Waals surface area contributed by atoms with Crippen molar-refractivity contribution >= 4 is 28.0 Å². The molecule has 2 aromatic rings. The molecule has 0 atom stereocenters. The smallest absolute Gasteiger partial charge is 0.417 e. The van der Waals surface area contributed by atoms with Crippen molar-refractivity contribution in [3.8, 4) is 0 Å². The summed E-state index contributed by atoms with van der Waals surface area (Å²) in [5.74, 6) is 0. The molecule has 0 bridgehead atoms. The first-order valence-electron chi connectivity index (χ1n) is 4.57. The molecule has 1 heterocycles. The van der Waals surface area contributed by atoms with Gasteiger partial charge in [-0.1, -0.05) is 0 Å². The highest BCUT2D eigenvalue weighted by atomic mass is 16.6. The lowest BCUT2D eigenvalue weighted by molar-refractivity contribution is -0.386. The number of nitrogens with zero attached hydrogens (tertiary/aromatic N) is 2. The maximum absolute atomic E-state index is 11.3. The first-order valence-corrected chi connectivity index (χ1v) is 4.57. The fourth-order valence-corrected chi connectivity index (χ4v) is 1.49. The van der Waals surface area contributed by atoms with Gasteiger partial charge in [-0.15, -0.1) is 0 Å². The van der Waals surface area contributed by atoms with E-state index in [0.29, 0.717) is 0 Å². The lowest BCUT2D eigenvalue weighted by Crippen LogP contribution is -2.10. The molecule has 0 saturated carbocycles. The number of nitro benzene ring substituents is 1. The van der Waals surface area contributed by atoms with Gasteiger partial charge in [0.15, 0.2) is 0 Å². The van der Waals surface area contributed by atoms with Crippen LogP contribution in [0.3, 0.4) is 0 Å². The lowest BCUT2D eigenvalue weighted by Gasteiger charge is -2.01. The van der Waals surface area contributed by atoms with E-state index < -0.39 is 26.8 Å². The average molecular weight is 251 g/mol. The van der Waals surface area contributed by atoms with Crippen molar-refractivity contribution in [2.45, 2.75) is 0 Å². The van der Waals surface area contributed by atoms with E-state index in [1.807, 2.05) is 0 Å². The molecule has 0 unspecified atom stereocenters. The standard InChI is InChI=1S/C9H5N3O6/c10-7-5-3-4(11(14)15)1-2-6(5)18-9(13)8(7)12(16)17/h1-3H,10H2. The molecule has 92 valence electrons. The van der Waals surface area contributed by atoms with E-state index in [1.165, 1.54) is 0 Å².